The number of fused-ring (bicyclic) bond motifs is 1. The molecule has 0 unspecified atom stereocenters. The predicted molar refractivity (Wildman–Crippen MR) is 149 cm³/mol. The lowest BCUT2D eigenvalue weighted by molar-refractivity contribution is -0.131. The summed E-state index contributed by atoms with van der Waals surface area (Å²) in [6.45, 7) is 4.88. The molecule has 2 fully saturated rings. The van der Waals surface area contributed by atoms with Gasteiger partial charge in [-0.2, -0.15) is 9.61 Å². The molecule has 1 saturated carbocycles. The molecule has 4 aromatic rings. The number of aromatic nitrogens is 4. The minimum Gasteiger partial charge on any atom is -0.368 e. The molecule has 2 aliphatic rings. The minimum absolute atomic E-state index is 0.0105. The molecule has 3 atom stereocenters. The first-order valence-corrected chi connectivity index (χ1v) is 13.5. The second-order valence-electron chi connectivity index (χ2n) is 11.0. The highest BCUT2D eigenvalue weighted by Gasteiger charge is 2.36. The number of nitrogens with zero attached hydrogens (tertiary/aromatic N) is 6. The summed E-state index contributed by atoms with van der Waals surface area (Å²) in [5.74, 6) is -0.505. The molecule has 3 N–H and O–H groups in total. The Labute approximate surface area is 231 Å². The van der Waals surface area contributed by atoms with E-state index in [-0.39, 0.29) is 41.1 Å². The van der Waals surface area contributed by atoms with Crippen LogP contribution in [0.3, 0.4) is 0 Å². The van der Waals surface area contributed by atoms with Gasteiger partial charge in [0.05, 0.1) is 46.6 Å². The van der Waals surface area contributed by atoms with Crippen LogP contribution in [0.1, 0.15) is 38.2 Å². The lowest BCUT2D eigenvalue weighted by atomic mass is 9.88. The number of rotatable bonds is 6. The topological polar surface area (TPSA) is 105 Å². The van der Waals surface area contributed by atoms with Crippen molar-refractivity contribution in [1.29, 1.82) is 0 Å². The molecule has 1 amide bonds. The fraction of sp³-hybridized carbons (Fsp3) is 0.379. The lowest BCUT2D eigenvalue weighted by Crippen LogP contribution is -2.62. The Kier molecular flexibility index (Phi) is 6.61. The van der Waals surface area contributed by atoms with Gasteiger partial charge in [-0.3, -0.25) is 9.78 Å². The zero-order valence-electron chi connectivity index (χ0n) is 22.7. The largest absolute Gasteiger partial charge is 0.368 e. The van der Waals surface area contributed by atoms with Crippen LogP contribution in [0.25, 0.3) is 16.8 Å². The van der Waals surface area contributed by atoms with Gasteiger partial charge in [0.1, 0.15) is 11.6 Å². The smallest absolute Gasteiger partial charge is 0.229 e. The van der Waals surface area contributed by atoms with E-state index < -0.39 is 11.6 Å². The molecule has 0 bridgehead atoms. The molecule has 1 aliphatic carbocycles. The molecule has 9 nitrogen and oxygen atoms in total. The maximum absolute atomic E-state index is 15.0. The van der Waals surface area contributed by atoms with Gasteiger partial charge in [0.2, 0.25) is 11.9 Å². The highest BCUT2D eigenvalue weighted by atomic mass is 19.1. The van der Waals surface area contributed by atoms with Gasteiger partial charge in [-0.05, 0) is 60.6 Å². The van der Waals surface area contributed by atoms with Gasteiger partial charge in [0, 0.05) is 39.3 Å². The van der Waals surface area contributed by atoms with Gasteiger partial charge in [0.25, 0.3) is 0 Å². The van der Waals surface area contributed by atoms with Gasteiger partial charge in [-0.1, -0.05) is 6.92 Å². The third kappa shape index (κ3) is 4.74. The number of benzene rings is 1. The van der Waals surface area contributed by atoms with E-state index in [1.807, 2.05) is 6.07 Å². The fourth-order valence-corrected chi connectivity index (χ4v) is 5.86. The Hall–Kier alpha value is -4.12. The third-order valence-electron chi connectivity index (χ3n) is 8.04. The fourth-order valence-electron chi connectivity index (χ4n) is 5.86. The van der Waals surface area contributed by atoms with Crippen molar-refractivity contribution in [2.45, 2.75) is 44.7 Å². The third-order valence-corrected chi connectivity index (χ3v) is 8.04. The molecule has 4 heterocycles. The number of anilines is 3. The van der Waals surface area contributed by atoms with Crippen molar-refractivity contribution in [3.05, 3.63) is 66.1 Å². The van der Waals surface area contributed by atoms with Crippen LogP contribution in [0, 0.1) is 17.6 Å². The average molecular weight is 547 g/mol. The Bertz CT molecular complexity index is 1550. The van der Waals surface area contributed by atoms with Crippen LogP contribution in [-0.2, 0) is 4.79 Å². The maximum atomic E-state index is 15.0. The van der Waals surface area contributed by atoms with Gasteiger partial charge in [-0.25, -0.2) is 13.8 Å². The van der Waals surface area contributed by atoms with Crippen LogP contribution >= 0.6 is 0 Å². The molecule has 1 saturated heterocycles. The second-order valence-corrected chi connectivity index (χ2v) is 11.0. The quantitative estimate of drug-likeness (QED) is 0.371. The molecule has 1 aliphatic heterocycles. The summed E-state index contributed by atoms with van der Waals surface area (Å²) in [7, 11) is 1.79. The van der Waals surface area contributed by atoms with Crippen LogP contribution in [-0.4, -0.2) is 62.6 Å². The number of likely N-dealkylation sites (N-methyl/N-ethyl adjacent to an activating group) is 1. The number of halogens is 2. The van der Waals surface area contributed by atoms with Crippen LogP contribution in [0.2, 0.25) is 0 Å². The summed E-state index contributed by atoms with van der Waals surface area (Å²) in [6, 6.07) is 7.75. The number of carbonyl (C=O) groups excluding carboxylic acids is 1. The van der Waals surface area contributed by atoms with Gasteiger partial charge in [0.15, 0.2) is 0 Å². The molecule has 0 spiro atoms. The second kappa shape index (κ2) is 10.1. The zero-order chi connectivity index (χ0) is 28.1. The monoisotopic (exact) mass is 546 g/mol. The molecule has 40 heavy (non-hydrogen) atoms. The summed E-state index contributed by atoms with van der Waals surface area (Å²) in [5, 5.41) is 7.85. The first kappa shape index (κ1) is 26.1. The number of hydrogen-bond donors (Lipinski definition) is 2. The molecule has 3 aromatic heterocycles. The van der Waals surface area contributed by atoms with E-state index in [9.17, 15) is 4.79 Å². The molecule has 1 aromatic carbocycles. The molecular formula is C29H32F2N8O. The standard InChI is InChI=1S/C29H32F2N8O/c1-16-14-38(15-23(32)28(16)37(3)17(2)40)26-8-9-33-13-25(26)35-29-34-12-20-6-7-24(36-39(20)29)27-21(30)10-19(11-22(27)31)18-4-5-18/h6-13,16,18,23,28H,4-5,14-15,32H2,1-3H3,(H,34,35)/t16-,23+,28-/m0/s1. The number of nitrogens with two attached hydrogens (primary N) is 1. The summed E-state index contributed by atoms with van der Waals surface area (Å²) in [6.07, 6.45) is 6.96. The average Bonchev–Trinajstić information content (AvgIpc) is 3.70. The van der Waals surface area contributed by atoms with Gasteiger partial charge in [-0.15, -0.1) is 0 Å². The van der Waals surface area contributed by atoms with Crippen molar-refractivity contribution in [1.82, 2.24) is 24.5 Å². The van der Waals surface area contributed by atoms with Crippen molar-refractivity contribution in [2.75, 3.05) is 30.4 Å². The Balaban J connectivity index is 1.30. The summed E-state index contributed by atoms with van der Waals surface area (Å²) < 4.78 is 31.6. The van der Waals surface area contributed by atoms with E-state index in [4.69, 9.17) is 5.73 Å². The number of pyridine rings is 1. The van der Waals surface area contributed by atoms with E-state index in [1.165, 1.54) is 16.6 Å². The number of piperidine rings is 1. The van der Waals surface area contributed by atoms with Crippen LogP contribution in [0.4, 0.5) is 26.1 Å². The van der Waals surface area contributed by atoms with E-state index in [0.717, 1.165) is 18.5 Å². The molecule has 0 radical (unpaired) electrons. The molecular weight excluding hydrogens is 514 g/mol. The first-order chi connectivity index (χ1) is 19.2. The number of imidazole rings is 1. The SMILES string of the molecule is CC(=O)N(C)[C@@H]1[C@H](N)CN(c2ccncc2Nc2ncc3ccc(-c4c(F)cc(C5CC5)cc4F)nn23)C[C@@H]1C. The lowest BCUT2D eigenvalue weighted by Gasteiger charge is -2.46. The Morgan fingerprint density at radius 3 is 2.55 bits per heavy atom. The highest BCUT2D eigenvalue weighted by Crippen LogP contribution is 2.42. The minimum atomic E-state index is -0.623. The number of carbonyl (C=O) groups is 1. The predicted octanol–water partition coefficient (Wildman–Crippen LogP) is 4.32. The van der Waals surface area contributed by atoms with E-state index in [0.29, 0.717) is 35.8 Å². The summed E-state index contributed by atoms with van der Waals surface area (Å²) in [4.78, 5) is 24.7. The van der Waals surface area contributed by atoms with Crippen molar-refractivity contribution in [3.63, 3.8) is 0 Å². The van der Waals surface area contributed by atoms with Crippen molar-refractivity contribution >= 4 is 28.7 Å². The Morgan fingerprint density at radius 1 is 1.12 bits per heavy atom. The molecule has 208 valence electrons. The van der Waals surface area contributed by atoms with Gasteiger partial charge < -0.3 is 20.9 Å². The van der Waals surface area contributed by atoms with Crippen LogP contribution in [0.15, 0.2) is 48.9 Å². The van der Waals surface area contributed by atoms with Crippen LogP contribution in [0.5, 0.6) is 0 Å². The summed E-state index contributed by atoms with van der Waals surface area (Å²) >= 11 is 0. The molecule has 11 heteroatoms. The van der Waals surface area contributed by atoms with Crippen molar-refractivity contribution in [2.24, 2.45) is 11.7 Å². The first-order valence-electron chi connectivity index (χ1n) is 13.5. The zero-order valence-corrected chi connectivity index (χ0v) is 22.7. The number of nitrogens with one attached hydrogen (secondary N) is 1. The maximum Gasteiger partial charge on any atom is 0.229 e. The van der Waals surface area contributed by atoms with Crippen molar-refractivity contribution < 1.29 is 13.6 Å². The van der Waals surface area contributed by atoms with Crippen molar-refractivity contribution in [3.8, 4) is 11.3 Å². The van der Waals surface area contributed by atoms with E-state index in [1.54, 1.807) is 49.6 Å². The number of amides is 1. The van der Waals surface area contributed by atoms with Crippen LogP contribution < -0.4 is 16.0 Å². The van der Waals surface area contributed by atoms with E-state index >= 15 is 8.78 Å². The highest BCUT2D eigenvalue weighted by molar-refractivity contribution is 5.75. The normalized spacial score (nSPS) is 21.1. The molecule has 6 rings (SSSR count). The number of hydrogen-bond acceptors (Lipinski definition) is 7. The Morgan fingerprint density at radius 2 is 1.88 bits per heavy atom. The summed E-state index contributed by atoms with van der Waals surface area (Å²) in [5.41, 5.74) is 9.50. The van der Waals surface area contributed by atoms with E-state index in [2.05, 4.69) is 32.2 Å². The van der Waals surface area contributed by atoms with Gasteiger partial charge >= 0.3 is 0 Å².